The van der Waals surface area contributed by atoms with Crippen LogP contribution in [0.5, 0.6) is 0 Å². The van der Waals surface area contributed by atoms with Gasteiger partial charge < -0.3 is 0 Å². The molecule has 0 atom stereocenters. The van der Waals surface area contributed by atoms with Crippen LogP contribution in [0.1, 0.15) is 0 Å². The summed E-state index contributed by atoms with van der Waals surface area (Å²) < 4.78 is 25.8. The van der Waals surface area contributed by atoms with E-state index in [0.29, 0.717) is 5.39 Å². The third-order valence-corrected chi connectivity index (χ3v) is 4.50. The number of benzene rings is 3. The summed E-state index contributed by atoms with van der Waals surface area (Å²) in [5.74, 6) is 0. The minimum absolute atomic E-state index is 0.0732. The van der Waals surface area contributed by atoms with Gasteiger partial charge in [-0.3, -0.25) is 4.79 Å². The molecule has 0 aromatic heterocycles. The highest BCUT2D eigenvalue weighted by Gasteiger charge is 2.17. The molecule has 0 saturated carbocycles. The molecule has 3 aromatic rings. The lowest BCUT2D eigenvalue weighted by molar-refractivity contribution is 0.547. The van der Waals surface area contributed by atoms with Gasteiger partial charge in [0.05, 0.1) is 4.90 Å². The Balaban J connectivity index is 2.42. The van der Waals surface area contributed by atoms with Crippen molar-refractivity contribution in [2.24, 2.45) is 0 Å². The van der Waals surface area contributed by atoms with Crippen LogP contribution in [-0.4, -0.2) is 14.8 Å². The van der Waals surface area contributed by atoms with E-state index in [1.807, 2.05) is 36.4 Å². The Morgan fingerprint density at radius 1 is 0.800 bits per heavy atom. The Kier molecular flexibility index (Phi) is 2.91. The van der Waals surface area contributed by atoms with Gasteiger partial charge in [-0.25, -0.2) is 13.1 Å². The Hall–Kier alpha value is -2.40. The van der Waals surface area contributed by atoms with Crippen molar-refractivity contribution in [2.75, 3.05) is 0 Å². The van der Waals surface area contributed by atoms with Crippen molar-refractivity contribution in [3.8, 4) is 0 Å². The fraction of sp³-hybridized carbons (Fsp3) is 0. The van der Waals surface area contributed by atoms with Crippen molar-refractivity contribution in [1.29, 1.82) is 0 Å². The summed E-state index contributed by atoms with van der Waals surface area (Å²) in [7, 11) is -3.88. The average Bonchev–Trinajstić information content (AvgIpc) is 2.46. The summed E-state index contributed by atoms with van der Waals surface area (Å²) in [5, 5.41) is 3.41. The van der Waals surface area contributed by atoms with E-state index >= 15 is 0 Å². The van der Waals surface area contributed by atoms with Gasteiger partial charge in [0.2, 0.25) is 0 Å². The van der Waals surface area contributed by atoms with Gasteiger partial charge in [0, 0.05) is 5.39 Å². The number of sulfonamides is 1. The average molecular weight is 284 g/mol. The zero-order valence-corrected chi connectivity index (χ0v) is 11.1. The first-order valence-corrected chi connectivity index (χ1v) is 7.41. The molecule has 3 aromatic carbocycles. The van der Waals surface area contributed by atoms with Crippen molar-refractivity contribution in [3.63, 3.8) is 0 Å². The molecule has 0 aliphatic carbocycles. The van der Waals surface area contributed by atoms with E-state index < -0.39 is 10.0 Å². The van der Waals surface area contributed by atoms with Crippen LogP contribution >= 0.6 is 0 Å². The Bertz CT molecular complexity index is 917. The number of hydrogen-bond acceptors (Lipinski definition) is 3. The fourth-order valence-electron chi connectivity index (χ4n) is 2.36. The summed E-state index contributed by atoms with van der Waals surface area (Å²) >= 11 is 0. The normalized spacial score (nSPS) is 11.6. The molecule has 5 heteroatoms. The topological polar surface area (TPSA) is 63.2 Å². The highest BCUT2D eigenvalue weighted by atomic mass is 32.2. The van der Waals surface area contributed by atoms with Gasteiger partial charge in [-0.15, -0.1) is 0 Å². The number of nitrogens with one attached hydrogen (secondary N) is 1. The first-order chi connectivity index (χ1) is 9.63. The van der Waals surface area contributed by atoms with Crippen LogP contribution in [0.4, 0.5) is 0 Å². The molecule has 99 valence electrons. The van der Waals surface area contributed by atoms with Crippen LogP contribution in [0.15, 0.2) is 59.5 Å². The smallest absolute Gasteiger partial charge is 0.262 e. The lowest BCUT2D eigenvalue weighted by Crippen LogP contribution is -2.21. The molecule has 0 aliphatic heterocycles. The third kappa shape index (κ3) is 1.92. The van der Waals surface area contributed by atoms with Gasteiger partial charge in [0.1, 0.15) is 0 Å². The van der Waals surface area contributed by atoms with E-state index in [-0.39, 0.29) is 4.90 Å². The van der Waals surface area contributed by atoms with E-state index in [1.165, 1.54) is 12.5 Å². The Morgan fingerprint density at radius 2 is 1.55 bits per heavy atom. The molecule has 0 fully saturated rings. The first kappa shape index (κ1) is 12.6. The van der Waals surface area contributed by atoms with Crippen molar-refractivity contribution >= 4 is 38.0 Å². The summed E-state index contributed by atoms with van der Waals surface area (Å²) in [6.45, 7) is 0. The van der Waals surface area contributed by atoms with Gasteiger partial charge in [0.25, 0.3) is 10.0 Å². The lowest BCUT2D eigenvalue weighted by Gasteiger charge is -2.08. The van der Waals surface area contributed by atoms with Gasteiger partial charge >= 0.3 is 6.41 Å². The predicted molar refractivity (Wildman–Crippen MR) is 77.5 cm³/mol. The molecule has 0 spiro atoms. The predicted octanol–water partition coefficient (Wildman–Crippen LogP) is 2.34. The van der Waals surface area contributed by atoms with Crippen molar-refractivity contribution in [2.45, 2.75) is 4.90 Å². The second kappa shape index (κ2) is 4.61. The SMILES string of the molecule is O=[C]NS(=O)(=O)c1cccc2c1ccc1ccccc12. The van der Waals surface area contributed by atoms with Crippen LogP contribution in [0.2, 0.25) is 0 Å². The van der Waals surface area contributed by atoms with Crippen molar-refractivity contribution in [3.05, 3.63) is 54.6 Å². The molecule has 0 aliphatic rings. The fourth-order valence-corrected chi connectivity index (χ4v) is 3.30. The van der Waals surface area contributed by atoms with Crippen molar-refractivity contribution in [1.82, 2.24) is 4.72 Å². The van der Waals surface area contributed by atoms with Crippen LogP contribution in [0.25, 0.3) is 21.5 Å². The molecule has 4 nitrogen and oxygen atoms in total. The molecule has 0 unspecified atom stereocenters. The quantitative estimate of drug-likeness (QED) is 0.593. The summed E-state index contributed by atoms with van der Waals surface area (Å²) in [5.41, 5.74) is 0. The Morgan fingerprint density at radius 3 is 2.35 bits per heavy atom. The summed E-state index contributed by atoms with van der Waals surface area (Å²) in [6.07, 6.45) is 1.22. The van der Waals surface area contributed by atoms with Gasteiger partial charge in [-0.2, -0.15) is 0 Å². The van der Waals surface area contributed by atoms with Crippen molar-refractivity contribution < 1.29 is 13.2 Å². The lowest BCUT2D eigenvalue weighted by atomic mass is 10.0. The van der Waals surface area contributed by atoms with Crippen LogP contribution in [-0.2, 0) is 14.8 Å². The number of amides is 1. The maximum absolute atomic E-state index is 12.0. The maximum Gasteiger partial charge on any atom is 0.324 e. The molecule has 1 N–H and O–H groups in total. The van der Waals surface area contributed by atoms with E-state index in [4.69, 9.17) is 0 Å². The number of hydrogen-bond donors (Lipinski definition) is 1. The monoisotopic (exact) mass is 284 g/mol. The minimum atomic E-state index is -3.88. The molecule has 0 bridgehead atoms. The highest BCUT2D eigenvalue weighted by molar-refractivity contribution is 7.90. The minimum Gasteiger partial charge on any atom is -0.262 e. The van der Waals surface area contributed by atoms with Crippen LogP contribution < -0.4 is 4.72 Å². The first-order valence-electron chi connectivity index (χ1n) is 5.93. The van der Waals surface area contributed by atoms with Crippen LogP contribution in [0.3, 0.4) is 0 Å². The largest absolute Gasteiger partial charge is 0.324 e. The summed E-state index contributed by atoms with van der Waals surface area (Å²) in [4.78, 5) is 10.4. The zero-order valence-electron chi connectivity index (χ0n) is 10.3. The van der Waals surface area contributed by atoms with E-state index in [2.05, 4.69) is 0 Å². The molecule has 0 saturated heterocycles. The number of rotatable bonds is 3. The molecule has 3 rings (SSSR count). The molecule has 1 radical (unpaired) electrons. The van der Waals surface area contributed by atoms with Crippen LogP contribution in [0, 0.1) is 0 Å². The molecule has 1 amide bonds. The van der Waals surface area contributed by atoms with Gasteiger partial charge in [-0.1, -0.05) is 48.5 Å². The maximum atomic E-state index is 12.0. The molecule has 20 heavy (non-hydrogen) atoms. The highest BCUT2D eigenvalue weighted by Crippen LogP contribution is 2.29. The summed E-state index contributed by atoms with van der Waals surface area (Å²) in [6, 6.07) is 16.3. The van der Waals surface area contributed by atoms with E-state index in [1.54, 1.807) is 16.9 Å². The Labute approximate surface area is 116 Å². The molecular formula is C15H10NO3S. The zero-order chi connectivity index (χ0) is 14.2. The van der Waals surface area contributed by atoms with Gasteiger partial charge in [-0.05, 0) is 22.2 Å². The van der Waals surface area contributed by atoms with E-state index in [9.17, 15) is 13.2 Å². The second-order valence-corrected chi connectivity index (χ2v) is 6.00. The van der Waals surface area contributed by atoms with Gasteiger partial charge in [0.15, 0.2) is 0 Å². The standard InChI is InChI=1S/C15H10NO3S/c17-10-16-20(18,19)15-7-3-6-13-12-5-2-1-4-11(12)8-9-14(13)15/h1-9H,(H,16,17). The number of carbonyl (C=O) groups excluding carboxylic acids is 1. The van der Waals surface area contributed by atoms with E-state index in [0.717, 1.165) is 16.2 Å². The second-order valence-electron chi connectivity index (χ2n) is 4.35. The molecular weight excluding hydrogens is 274 g/mol. The number of fused-ring (bicyclic) bond motifs is 3. The molecule has 0 heterocycles. The third-order valence-electron chi connectivity index (χ3n) is 3.21.